The summed E-state index contributed by atoms with van der Waals surface area (Å²) in [4.78, 5) is 18.0. The Morgan fingerprint density at radius 1 is 1.26 bits per heavy atom. The number of hydrogen-bond acceptors (Lipinski definition) is 9. The number of piperidine rings is 1. The molecule has 220 valence electrons. The van der Waals surface area contributed by atoms with E-state index < -0.39 is 23.4 Å². The lowest BCUT2D eigenvalue weighted by Gasteiger charge is -2.40. The molecule has 0 saturated carbocycles. The smallest absolute Gasteiger partial charge is 0.407 e. The first-order valence-electron chi connectivity index (χ1n) is 13.3. The highest BCUT2D eigenvalue weighted by molar-refractivity contribution is 5.67. The van der Waals surface area contributed by atoms with Gasteiger partial charge >= 0.3 is 6.09 Å². The van der Waals surface area contributed by atoms with Crippen molar-refractivity contribution in [3.05, 3.63) is 24.2 Å². The van der Waals surface area contributed by atoms with Crippen LogP contribution in [0, 0.1) is 0 Å². The van der Waals surface area contributed by atoms with Crippen LogP contribution in [-0.4, -0.2) is 84.9 Å². The predicted molar refractivity (Wildman–Crippen MR) is 141 cm³/mol. The number of nitrogen functional groups attached to an aromatic ring is 1. The number of amides is 1. The van der Waals surface area contributed by atoms with E-state index >= 15 is 0 Å². The molecule has 3 atom stereocenters. The van der Waals surface area contributed by atoms with Crippen molar-refractivity contribution in [2.45, 2.75) is 102 Å². The van der Waals surface area contributed by atoms with Gasteiger partial charge in [0.1, 0.15) is 23.5 Å². The molecule has 2 aliphatic heterocycles. The van der Waals surface area contributed by atoms with Crippen LogP contribution in [0.25, 0.3) is 5.52 Å². The number of alkyl carbamates (subject to hydrolysis) is 1. The van der Waals surface area contributed by atoms with E-state index in [2.05, 4.69) is 20.3 Å². The van der Waals surface area contributed by atoms with E-state index in [1.54, 1.807) is 25.3 Å². The number of aliphatic hydroxyl groups is 2. The number of hydrogen-bond donors (Lipinski definition) is 4. The normalized spacial score (nSPS) is 23.8. The van der Waals surface area contributed by atoms with E-state index in [1.807, 2.05) is 12.1 Å². The molecule has 0 aliphatic carbocycles. The number of nitrogens with zero attached hydrogens (tertiary/aromatic N) is 4. The minimum Gasteiger partial charge on any atom is -0.444 e. The molecule has 0 spiro atoms. The monoisotopic (exact) mass is 556 g/mol. The molecule has 2 fully saturated rings. The molecule has 39 heavy (non-hydrogen) atoms. The van der Waals surface area contributed by atoms with Crippen LogP contribution >= 0.6 is 0 Å². The largest absolute Gasteiger partial charge is 0.444 e. The second-order valence-electron chi connectivity index (χ2n) is 11.7. The van der Waals surface area contributed by atoms with Crippen molar-refractivity contribution < 1.29 is 33.3 Å². The van der Waals surface area contributed by atoms with Crippen LogP contribution in [0.2, 0.25) is 0 Å². The molecular weight excluding hydrogens is 514 g/mol. The third-order valence-corrected chi connectivity index (χ3v) is 6.35. The summed E-state index contributed by atoms with van der Waals surface area (Å²) in [5.41, 5.74) is 6.97. The fourth-order valence-corrected chi connectivity index (χ4v) is 4.78. The number of aromatic nitrogens is 3. The lowest BCUT2D eigenvalue weighted by atomic mass is 9.95. The van der Waals surface area contributed by atoms with Gasteiger partial charge in [-0.25, -0.2) is 23.1 Å². The number of nitrogens with two attached hydrogens (primary N) is 1. The van der Waals surface area contributed by atoms with Crippen molar-refractivity contribution in [1.82, 2.24) is 24.8 Å². The highest BCUT2D eigenvalue weighted by atomic mass is 19.3. The van der Waals surface area contributed by atoms with E-state index in [-0.39, 0.29) is 37.6 Å². The van der Waals surface area contributed by atoms with Gasteiger partial charge in [0.2, 0.25) is 0 Å². The Bertz CT molecular complexity index is 1090. The summed E-state index contributed by atoms with van der Waals surface area (Å²) in [5, 5.41) is 23.1. The van der Waals surface area contributed by atoms with E-state index in [1.165, 1.54) is 20.2 Å². The minimum absolute atomic E-state index is 0.0669. The number of likely N-dealkylation sites (tertiary alicyclic amines) is 1. The Labute approximate surface area is 227 Å². The molecule has 5 N–H and O–H groups in total. The summed E-state index contributed by atoms with van der Waals surface area (Å²) in [7, 11) is 0. The quantitative estimate of drug-likeness (QED) is 0.394. The highest BCUT2D eigenvalue weighted by Gasteiger charge is 2.41. The third kappa shape index (κ3) is 9.82. The molecule has 4 heterocycles. The number of carbonyl (C=O) groups excluding carboxylic acids is 1. The molecule has 2 aromatic heterocycles. The molecule has 0 aromatic carbocycles. The molecule has 1 amide bonds. The maximum Gasteiger partial charge on any atom is 0.407 e. The van der Waals surface area contributed by atoms with Crippen molar-refractivity contribution in [2.24, 2.45) is 0 Å². The molecule has 11 nitrogen and oxygen atoms in total. The minimum atomic E-state index is -2.70. The van der Waals surface area contributed by atoms with Gasteiger partial charge in [-0.2, -0.15) is 5.10 Å². The topological polar surface area (TPSA) is 147 Å². The van der Waals surface area contributed by atoms with Gasteiger partial charge in [0.25, 0.3) is 5.92 Å². The molecule has 4 rings (SSSR count). The molecule has 0 radical (unpaired) electrons. The van der Waals surface area contributed by atoms with Gasteiger partial charge in [0, 0.05) is 38.5 Å². The van der Waals surface area contributed by atoms with Gasteiger partial charge in [-0.15, -0.1) is 0 Å². The summed E-state index contributed by atoms with van der Waals surface area (Å²) >= 11 is 0. The van der Waals surface area contributed by atoms with Crippen molar-refractivity contribution in [3.63, 3.8) is 0 Å². The van der Waals surface area contributed by atoms with Gasteiger partial charge in [-0.05, 0) is 66.0 Å². The average Bonchev–Trinajstić information content (AvgIpc) is 3.40. The van der Waals surface area contributed by atoms with Crippen LogP contribution in [0.1, 0.15) is 78.5 Å². The highest BCUT2D eigenvalue weighted by Crippen LogP contribution is 2.37. The fourth-order valence-electron chi connectivity index (χ4n) is 4.78. The fraction of sp³-hybridized carbons (Fsp3) is 0.731. The molecule has 1 unspecified atom stereocenters. The number of anilines is 1. The SMILES string of the molecule is CC(C)(C)OC(=O)NCC[C@@H]1CC(F)(F)CCN1CC1CC[C@H](c2ccc3c(N)ncnn23)O1.CC(C)(O)O. The average molecular weight is 557 g/mol. The molecule has 0 bridgehead atoms. The number of alkyl halides is 2. The predicted octanol–water partition coefficient (Wildman–Crippen LogP) is 3.25. The first kappa shape index (κ1) is 30.9. The first-order valence-corrected chi connectivity index (χ1v) is 13.3. The summed E-state index contributed by atoms with van der Waals surface area (Å²) in [5.74, 6) is -3.79. The zero-order chi connectivity index (χ0) is 29.0. The van der Waals surface area contributed by atoms with Crippen molar-refractivity contribution in [3.8, 4) is 0 Å². The molecule has 2 saturated heterocycles. The van der Waals surface area contributed by atoms with Crippen LogP contribution in [0.4, 0.5) is 19.4 Å². The van der Waals surface area contributed by atoms with Gasteiger partial charge in [-0.3, -0.25) is 4.90 Å². The lowest BCUT2D eigenvalue weighted by molar-refractivity contribution is -0.127. The van der Waals surface area contributed by atoms with Crippen LogP contribution in [0.5, 0.6) is 0 Å². The Kier molecular flexibility index (Phi) is 9.73. The number of nitrogens with one attached hydrogen (secondary N) is 1. The number of halogens is 2. The Morgan fingerprint density at radius 3 is 2.62 bits per heavy atom. The van der Waals surface area contributed by atoms with Crippen LogP contribution in [0.15, 0.2) is 18.5 Å². The zero-order valence-corrected chi connectivity index (χ0v) is 23.4. The summed E-state index contributed by atoms with van der Waals surface area (Å²) in [6, 6.07) is 3.48. The molecule has 2 aliphatic rings. The van der Waals surface area contributed by atoms with E-state index in [4.69, 9.17) is 25.4 Å². The van der Waals surface area contributed by atoms with Gasteiger partial charge < -0.3 is 30.7 Å². The number of rotatable bonds is 6. The van der Waals surface area contributed by atoms with Gasteiger partial charge in [-0.1, -0.05) is 0 Å². The zero-order valence-electron chi connectivity index (χ0n) is 23.4. The van der Waals surface area contributed by atoms with E-state index in [0.29, 0.717) is 25.3 Å². The van der Waals surface area contributed by atoms with Crippen molar-refractivity contribution >= 4 is 17.4 Å². The van der Waals surface area contributed by atoms with Crippen LogP contribution in [0.3, 0.4) is 0 Å². The van der Waals surface area contributed by atoms with Gasteiger partial charge in [0.05, 0.1) is 11.8 Å². The Morgan fingerprint density at radius 2 is 1.95 bits per heavy atom. The van der Waals surface area contributed by atoms with Crippen LogP contribution < -0.4 is 11.1 Å². The second kappa shape index (κ2) is 12.3. The number of carbonyl (C=O) groups is 1. The maximum absolute atomic E-state index is 14.2. The first-order chi connectivity index (χ1) is 18.0. The number of fused-ring (bicyclic) bond motifs is 1. The second-order valence-corrected chi connectivity index (χ2v) is 11.7. The van der Waals surface area contributed by atoms with Crippen LogP contribution in [-0.2, 0) is 9.47 Å². The molecule has 13 heteroatoms. The van der Waals surface area contributed by atoms with E-state index in [0.717, 1.165) is 24.1 Å². The standard InChI is InChI=1S/C23H34F2N6O3.C3H8O2/c1-22(2,3)34-21(32)27-10-8-15-12-23(24,25)9-11-30(15)13-16-4-7-19(33-16)17-5-6-18-20(26)28-14-29-31(17)18;1-3(2,4)5/h5-6,14-16,19H,4,7-13H2,1-3H3,(H,27,32)(H2,26,28,29);4-5H,1-2H3/t15-,16?,19-;/m1./s1. The molecule has 2 aromatic rings. The summed E-state index contributed by atoms with van der Waals surface area (Å²) < 4.78 is 41.7. The summed E-state index contributed by atoms with van der Waals surface area (Å²) in [6.45, 7) is 9.09. The van der Waals surface area contributed by atoms with Crippen molar-refractivity contribution in [1.29, 1.82) is 0 Å². The Hall–Kier alpha value is -2.61. The van der Waals surface area contributed by atoms with E-state index in [9.17, 15) is 13.6 Å². The lowest BCUT2D eigenvalue weighted by Crippen LogP contribution is -2.50. The third-order valence-electron chi connectivity index (χ3n) is 6.35. The number of ether oxygens (including phenoxy) is 2. The van der Waals surface area contributed by atoms with Gasteiger partial charge in [0.15, 0.2) is 11.6 Å². The maximum atomic E-state index is 14.2. The van der Waals surface area contributed by atoms with Crippen molar-refractivity contribution in [2.75, 3.05) is 25.4 Å². The summed E-state index contributed by atoms with van der Waals surface area (Å²) in [6.07, 6.45) is 2.35. The Balaban J connectivity index is 0.000000771. The molecular formula is C26H42F2N6O5.